The third-order valence-corrected chi connectivity index (χ3v) is 3.22. The van der Waals surface area contributed by atoms with Gasteiger partial charge in [-0.25, -0.2) is 4.79 Å². The quantitative estimate of drug-likeness (QED) is 0.769. The van der Waals surface area contributed by atoms with Crippen LogP contribution in [0.1, 0.15) is 42.6 Å². The number of nitrogens with zero attached hydrogens (tertiary/aromatic N) is 1. The Morgan fingerprint density at radius 3 is 3.06 bits per heavy atom. The molecule has 1 aliphatic heterocycles. The van der Waals surface area contributed by atoms with E-state index in [1.165, 1.54) is 0 Å². The van der Waals surface area contributed by atoms with Gasteiger partial charge in [0.25, 0.3) is 0 Å². The highest BCUT2D eigenvalue weighted by atomic mass is 16.6. The molecule has 0 spiro atoms. The van der Waals surface area contributed by atoms with Crippen molar-refractivity contribution in [1.29, 1.82) is 0 Å². The first-order chi connectivity index (χ1) is 8.70. The fourth-order valence-corrected chi connectivity index (χ4v) is 2.16. The van der Waals surface area contributed by atoms with Crippen LogP contribution in [0.2, 0.25) is 0 Å². The van der Waals surface area contributed by atoms with E-state index in [0.717, 1.165) is 24.8 Å². The van der Waals surface area contributed by atoms with E-state index in [1.54, 1.807) is 18.5 Å². The molecule has 1 saturated heterocycles. The number of esters is 1. The molecule has 0 aliphatic carbocycles. The van der Waals surface area contributed by atoms with Crippen molar-refractivity contribution in [2.24, 2.45) is 0 Å². The molecule has 0 aromatic carbocycles. The number of carbonyl (C=O) groups excluding carboxylic acids is 1. The molecule has 4 nitrogen and oxygen atoms in total. The average molecular weight is 249 g/mol. The van der Waals surface area contributed by atoms with Gasteiger partial charge in [0.2, 0.25) is 0 Å². The minimum absolute atomic E-state index is 0.0517. The monoisotopic (exact) mass is 249 g/mol. The van der Waals surface area contributed by atoms with Gasteiger partial charge in [-0.15, -0.1) is 0 Å². The van der Waals surface area contributed by atoms with Crippen molar-refractivity contribution in [2.45, 2.75) is 45.3 Å². The maximum Gasteiger partial charge on any atom is 0.338 e. The molecule has 2 atom stereocenters. The lowest BCUT2D eigenvalue weighted by Gasteiger charge is -2.12. The second-order valence-electron chi connectivity index (χ2n) is 4.63. The van der Waals surface area contributed by atoms with Crippen LogP contribution in [-0.4, -0.2) is 29.8 Å². The van der Waals surface area contributed by atoms with Gasteiger partial charge in [0, 0.05) is 12.4 Å². The average Bonchev–Trinajstić information content (AvgIpc) is 2.81. The Hall–Kier alpha value is -1.42. The number of hydrogen-bond donors (Lipinski definition) is 0. The minimum Gasteiger partial charge on any atom is -0.459 e. The van der Waals surface area contributed by atoms with E-state index >= 15 is 0 Å². The molecular formula is C14H19NO3. The van der Waals surface area contributed by atoms with Crippen LogP contribution in [0.25, 0.3) is 0 Å². The smallest absolute Gasteiger partial charge is 0.338 e. The molecule has 0 unspecified atom stereocenters. The Balaban J connectivity index is 1.91. The van der Waals surface area contributed by atoms with Crippen LogP contribution in [0.4, 0.5) is 0 Å². The number of rotatable bonds is 4. The first-order valence-corrected chi connectivity index (χ1v) is 6.46. The molecule has 1 aliphatic rings. The van der Waals surface area contributed by atoms with Crippen molar-refractivity contribution < 1.29 is 14.3 Å². The zero-order valence-electron chi connectivity index (χ0n) is 10.9. The van der Waals surface area contributed by atoms with Crippen LogP contribution in [0.5, 0.6) is 0 Å². The highest BCUT2D eigenvalue weighted by Crippen LogP contribution is 2.19. The molecule has 1 aromatic rings. The summed E-state index contributed by atoms with van der Waals surface area (Å²) in [6.07, 6.45) is 6.43. The van der Waals surface area contributed by atoms with E-state index in [0.29, 0.717) is 12.2 Å². The van der Waals surface area contributed by atoms with Gasteiger partial charge in [0.1, 0.15) is 6.61 Å². The molecule has 0 radical (unpaired) electrons. The van der Waals surface area contributed by atoms with Gasteiger partial charge in [-0.3, -0.25) is 4.98 Å². The molecule has 0 N–H and O–H groups in total. The van der Waals surface area contributed by atoms with Crippen molar-refractivity contribution in [3.63, 3.8) is 0 Å². The molecule has 0 amide bonds. The van der Waals surface area contributed by atoms with Crippen molar-refractivity contribution >= 4 is 5.97 Å². The summed E-state index contributed by atoms with van der Waals surface area (Å²) in [4.78, 5) is 16.0. The zero-order valence-corrected chi connectivity index (χ0v) is 10.9. The van der Waals surface area contributed by atoms with Crippen LogP contribution in [0.15, 0.2) is 18.5 Å². The van der Waals surface area contributed by atoms with Gasteiger partial charge in [-0.05, 0) is 37.8 Å². The first kappa shape index (κ1) is 13.0. The SMILES string of the molecule is CCc1cnccc1C(=O)OC[C@@H]1CC[C@H](C)O1. The second-order valence-corrected chi connectivity index (χ2v) is 4.63. The summed E-state index contributed by atoms with van der Waals surface area (Å²) in [6.45, 7) is 4.38. The summed E-state index contributed by atoms with van der Waals surface area (Å²) in [6, 6.07) is 1.71. The van der Waals surface area contributed by atoms with E-state index in [1.807, 2.05) is 13.8 Å². The van der Waals surface area contributed by atoms with Crippen LogP contribution >= 0.6 is 0 Å². The van der Waals surface area contributed by atoms with Crippen molar-refractivity contribution in [3.8, 4) is 0 Å². The Bertz CT molecular complexity index is 419. The summed E-state index contributed by atoms with van der Waals surface area (Å²) < 4.78 is 10.9. The fourth-order valence-electron chi connectivity index (χ4n) is 2.16. The van der Waals surface area contributed by atoms with Crippen molar-refractivity contribution in [2.75, 3.05) is 6.61 Å². The summed E-state index contributed by atoms with van der Waals surface area (Å²) in [5.41, 5.74) is 1.53. The lowest BCUT2D eigenvalue weighted by Crippen LogP contribution is -2.19. The molecule has 98 valence electrons. The van der Waals surface area contributed by atoms with E-state index in [2.05, 4.69) is 4.98 Å². The van der Waals surface area contributed by atoms with Gasteiger partial charge in [-0.2, -0.15) is 0 Å². The highest BCUT2D eigenvalue weighted by Gasteiger charge is 2.23. The van der Waals surface area contributed by atoms with Gasteiger partial charge < -0.3 is 9.47 Å². The maximum absolute atomic E-state index is 12.0. The molecule has 0 saturated carbocycles. The summed E-state index contributed by atoms with van der Waals surface area (Å²) in [5.74, 6) is -0.280. The van der Waals surface area contributed by atoms with E-state index < -0.39 is 0 Å². The van der Waals surface area contributed by atoms with Crippen molar-refractivity contribution in [1.82, 2.24) is 4.98 Å². The summed E-state index contributed by atoms with van der Waals surface area (Å²) in [7, 11) is 0. The lowest BCUT2D eigenvalue weighted by atomic mass is 10.1. The summed E-state index contributed by atoms with van der Waals surface area (Å²) >= 11 is 0. The first-order valence-electron chi connectivity index (χ1n) is 6.46. The Morgan fingerprint density at radius 2 is 2.39 bits per heavy atom. The highest BCUT2D eigenvalue weighted by molar-refractivity contribution is 5.90. The maximum atomic E-state index is 12.0. The molecule has 1 aromatic heterocycles. The van der Waals surface area contributed by atoms with Crippen LogP contribution < -0.4 is 0 Å². The number of hydrogen-bond acceptors (Lipinski definition) is 4. The zero-order chi connectivity index (χ0) is 13.0. The third kappa shape index (κ3) is 3.07. The topological polar surface area (TPSA) is 48.4 Å². The van der Waals surface area contributed by atoms with E-state index in [4.69, 9.17) is 9.47 Å². The van der Waals surface area contributed by atoms with Gasteiger partial charge in [0.15, 0.2) is 0 Å². The molecule has 2 rings (SSSR count). The van der Waals surface area contributed by atoms with Crippen molar-refractivity contribution in [3.05, 3.63) is 29.6 Å². The molecule has 1 fully saturated rings. The lowest BCUT2D eigenvalue weighted by molar-refractivity contribution is -0.00272. The standard InChI is InChI=1S/C14H19NO3/c1-3-11-8-15-7-6-13(11)14(16)17-9-12-5-4-10(2)18-12/h6-8,10,12H,3-5,9H2,1-2H3/t10-,12-/m0/s1. The predicted octanol–water partition coefficient (Wildman–Crippen LogP) is 2.37. The molecular weight excluding hydrogens is 230 g/mol. The second kappa shape index (κ2) is 5.96. The van der Waals surface area contributed by atoms with Crippen LogP contribution in [0.3, 0.4) is 0 Å². The van der Waals surface area contributed by atoms with E-state index in [-0.39, 0.29) is 18.2 Å². The van der Waals surface area contributed by atoms with E-state index in [9.17, 15) is 4.79 Å². The number of ether oxygens (including phenoxy) is 2. The minimum atomic E-state index is -0.280. The fraction of sp³-hybridized carbons (Fsp3) is 0.571. The largest absolute Gasteiger partial charge is 0.459 e. The number of aromatic nitrogens is 1. The Kier molecular flexibility index (Phi) is 4.31. The normalized spacial score (nSPS) is 23.0. The molecule has 18 heavy (non-hydrogen) atoms. The predicted molar refractivity (Wildman–Crippen MR) is 67.5 cm³/mol. The van der Waals surface area contributed by atoms with Gasteiger partial charge in [-0.1, -0.05) is 6.92 Å². The summed E-state index contributed by atoms with van der Waals surface area (Å²) in [5, 5.41) is 0. The Labute approximate surface area is 107 Å². The number of pyridine rings is 1. The third-order valence-electron chi connectivity index (χ3n) is 3.22. The Morgan fingerprint density at radius 1 is 1.56 bits per heavy atom. The number of aryl methyl sites for hydroxylation is 1. The molecule has 4 heteroatoms. The molecule has 0 bridgehead atoms. The van der Waals surface area contributed by atoms with Crippen LogP contribution in [-0.2, 0) is 15.9 Å². The van der Waals surface area contributed by atoms with Crippen LogP contribution in [0, 0.1) is 0 Å². The van der Waals surface area contributed by atoms with Gasteiger partial charge >= 0.3 is 5.97 Å². The number of carbonyl (C=O) groups is 1. The van der Waals surface area contributed by atoms with Gasteiger partial charge in [0.05, 0.1) is 17.8 Å². The molecule has 2 heterocycles.